The zero-order valence-electron chi connectivity index (χ0n) is 14.8. The van der Waals surface area contributed by atoms with Crippen molar-refractivity contribution in [3.05, 3.63) is 53.6 Å². The van der Waals surface area contributed by atoms with Gasteiger partial charge in [0.05, 0.1) is 6.21 Å². The van der Waals surface area contributed by atoms with E-state index in [2.05, 4.69) is 34.6 Å². The number of aryl methyl sites for hydroxylation is 1. The van der Waals surface area contributed by atoms with Crippen molar-refractivity contribution < 1.29 is 5.11 Å². The van der Waals surface area contributed by atoms with E-state index >= 15 is 0 Å². The van der Waals surface area contributed by atoms with E-state index < -0.39 is 0 Å². The Morgan fingerprint density at radius 3 is 2.60 bits per heavy atom. The van der Waals surface area contributed by atoms with E-state index in [0.717, 1.165) is 30.0 Å². The van der Waals surface area contributed by atoms with Gasteiger partial charge in [0.15, 0.2) is 5.11 Å². The number of hydrazone groups is 1. The lowest BCUT2D eigenvalue weighted by molar-refractivity contribution is 0.474. The third-order valence-corrected chi connectivity index (χ3v) is 3.98. The number of anilines is 2. The number of benzene rings is 2. The summed E-state index contributed by atoms with van der Waals surface area (Å²) in [4.78, 5) is 2.17. The molecule has 0 saturated heterocycles. The number of aromatic hydroxyl groups is 1. The Hall–Kier alpha value is -2.60. The van der Waals surface area contributed by atoms with Crippen molar-refractivity contribution >= 4 is 34.9 Å². The quantitative estimate of drug-likeness (QED) is 0.417. The summed E-state index contributed by atoms with van der Waals surface area (Å²) in [6.07, 6.45) is 1.55. The molecule has 5 nitrogen and oxygen atoms in total. The van der Waals surface area contributed by atoms with Crippen LogP contribution in [0.5, 0.6) is 5.75 Å². The minimum absolute atomic E-state index is 0.188. The number of rotatable bonds is 6. The third kappa shape index (κ3) is 5.46. The molecule has 2 rings (SSSR count). The van der Waals surface area contributed by atoms with Crippen molar-refractivity contribution in [1.29, 1.82) is 0 Å². The normalized spacial score (nSPS) is 10.7. The van der Waals surface area contributed by atoms with Crippen LogP contribution in [0.3, 0.4) is 0 Å². The van der Waals surface area contributed by atoms with Crippen molar-refractivity contribution in [1.82, 2.24) is 5.43 Å². The van der Waals surface area contributed by atoms with Gasteiger partial charge in [-0.1, -0.05) is 12.1 Å². The average molecular weight is 356 g/mol. The molecule has 0 atom stereocenters. The van der Waals surface area contributed by atoms with Crippen LogP contribution in [0.15, 0.2) is 47.6 Å². The van der Waals surface area contributed by atoms with E-state index in [1.54, 1.807) is 12.3 Å². The van der Waals surface area contributed by atoms with E-state index in [9.17, 15) is 5.11 Å². The van der Waals surface area contributed by atoms with E-state index in [1.165, 1.54) is 0 Å². The van der Waals surface area contributed by atoms with Crippen molar-refractivity contribution in [2.45, 2.75) is 20.8 Å². The Bertz CT molecular complexity index is 757. The van der Waals surface area contributed by atoms with Crippen LogP contribution in [0.4, 0.5) is 11.4 Å². The zero-order valence-corrected chi connectivity index (χ0v) is 15.6. The molecule has 0 saturated carbocycles. The molecule has 0 amide bonds. The first-order valence-corrected chi connectivity index (χ1v) is 8.69. The number of phenolic OH excluding ortho intramolecular Hbond substituents is 1. The predicted octanol–water partition coefficient (Wildman–Crippen LogP) is 3.87. The van der Waals surface area contributed by atoms with Gasteiger partial charge in [-0.15, -0.1) is 0 Å². The Morgan fingerprint density at radius 1 is 1.20 bits per heavy atom. The maximum absolute atomic E-state index is 10.2. The number of nitrogens with zero attached hydrogens (tertiary/aromatic N) is 2. The summed E-state index contributed by atoms with van der Waals surface area (Å²) in [5.74, 6) is 0.188. The monoisotopic (exact) mass is 356 g/mol. The number of thiocarbonyl (C=S) groups is 1. The first kappa shape index (κ1) is 18.7. The first-order valence-electron chi connectivity index (χ1n) is 8.28. The summed E-state index contributed by atoms with van der Waals surface area (Å²) >= 11 is 5.21. The number of hydrogen-bond donors (Lipinski definition) is 3. The van der Waals surface area contributed by atoms with Gasteiger partial charge < -0.3 is 15.3 Å². The second-order valence-electron chi connectivity index (χ2n) is 5.61. The smallest absolute Gasteiger partial charge is 0.191 e. The molecule has 0 unspecified atom stereocenters. The van der Waals surface area contributed by atoms with Gasteiger partial charge in [0.1, 0.15) is 5.75 Å². The van der Waals surface area contributed by atoms with Gasteiger partial charge in [0.2, 0.25) is 0 Å². The summed E-state index contributed by atoms with van der Waals surface area (Å²) in [5.41, 5.74) is 6.42. The van der Waals surface area contributed by atoms with Crippen LogP contribution in [0.2, 0.25) is 0 Å². The highest BCUT2D eigenvalue weighted by molar-refractivity contribution is 7.80. The van der Waals surface area contributed by atoms with Gasteiger partial charge in [-0.2, -0.15) is 5.10 Å². The van der Waals surface area contributed by atoms with E-state index in [0.29, 0.717) is 10.7 Å². The summed E-state index contributed by atoms with van der Waals surface area (Å²) in [7, 11) is 0. The Morgan fingerprint density at radius 2 is 1.96 bits per heavy atom. The Labute approximate surface area is 154 Å². The first-order chi connectivity index (χ1) is 12.0. The number of nitrogens with one attached hydrogen (secondary N) is 2. The molecule has 0 aromatic heterocycles. The summed E-state index contributed by atoms with van der Waals surface area (Å²) in [5, 5.41) is 17.7. The molecular weight excluding hydrogens is 332 g/mol. The zero-order chi connectivity index (χ0) is 18.2. The molecule has 3 N–H and O–H groups in total. The molecule has 0 spiro atoms. The van der Waals surface area contributed by atoms with Gasteiger partial charge in [-0.25, -0.2) is 0 Å². The Kier molecular flexibility index (Phi) is 6.77. The standard InChI is InChI=1S/C19H24N4OS/c1-4-23(5-2)17-10-9-15(18(24)12-17)13-20-22-19(25)21-16-8-6-7-14(3)11-16/h6-13,24H,4-5H2,1-3H3,(H2,21,22,25)/b20-13+. The molecule has 132 valence electrons. The van der Waals surface area contributed by atoms with Crippen LogP contribution in [0.25, 0.3) is 0 Å². The number of hydrogen-bond acceptors (Lipinski definition) is 4. The molecule has 0 fully saturated rings. The van der Waals surface area contributed by atoms with Gasteiger partial charge >= 0.3 is 0 Å². The van der Waals surface area contributed by atoms with Gasteiger partial charge in [0, 0.05) is 36.1 Å². The third-order valence-electron chi connectivity index (χ3n) is 3.79. The molecule has 0 aliphatic rings. The average Bonchev–Trinajstić information content (AvgIpc) is 2.58. The molecule has 0 aliphatic heterocycles. The van der Waals surface area contributed by atoms with Crippen LogP contribution in [-0.4, -0.2) is 29.5 Å². The summed E-state index contributed by atoms with van der Waals surface area (Å²) in [6, 6.07) is 13.5. The predicted molar refractivity (Wildman–Crippen MR) is 110 cm³/mol. The minimum atomic E-state index is 0.188. The molecule has 0 aliphatic carbocycles. The molecule has 0 radical (unpaired) electrons. The molecule has 25 heavy (non-hydrogen) atoms. The lowest BCUT2D eigenvalue weighted by Gasteiger charge is -2.21. The molecular formula is C19H24N4OS. The molecule has 6 heteroatoms. The molecule has 0 bridgehead atoms. The summed E-state index contributed by atoms with van der Waals surface area (Å²) in [6.45, 7) is 7.97. The lowest BCUT2D eigenvalue weighted by Crippen LogP contribution is -2.23. The molecule has 2 aromatic rings. The van der Waals surface area contributed by atoms with Crippen LogP contribution < -0.4 is 15.6 Å². The fourth-order valence-corrected chi connectivity index (χ4v) is 2.64. The topological polar surface area (TPSA) is 59.9 Å². The fourth-order valence-electron chi connectivity index (χ4n) is 2.47. The minimum Gasteiger partial charge on any atom is -0.507 e. The second kappa shape index (κ2) is 9.03. The second-order valence-corrected chi connectivity index (χ2v) is 6.02. The largest absolute Gasteiger partial charge is 0.507 e. The summed E-state index contributed by atoms with van der Waals surface area (Å²) < 4.78 is 0. The highest BCUT2D eigenvalue weighted by Gasteiger charge is 2.05. The van der Waals surface area contributed by atoms with E-state index in [4.69, 9.17) is 12.2 Å². The van der Waals surface area contributed by atoms with Gasteiger partial charge in [0.25, 0.3) is 0 Å². The van der Waals surface area contributed by atoms with Crippen molar-refractivity contribution in [2.24, 2.45) is 5.10 Å². The Balaban J connectivity index is 1.96. The van der Waals surface area contributed by atoms with Crippen LogP contribution in [0, 0.1) is 6.92 Å². The number of phenols is 1. The maximum atomic E-state index is 10.2. The van der Waals surface area contributed by atoms with Crippen molar-refractivity contribution in [3.8, 4) is 5.75 Å². The van der Waals surface area contributed by atoms with Gasteiger partial charge in [-0.05, 0) is 62.8 Å². The van der Waals surface area contributed by atoms with Crippen LogP contribution >= 0.6 is 12.2 Å². The highest BCUT2D eigenvalue weighted by Crippen LogP contribution is 2.23. The fraction of sp³-hybridized carbons (Fsp3) is 0.263. The maximum Gasteiger partial charge on any atom is 0.191 e. The van der Waals surface area contributed by atoms with E-state index in [1.807, 2.05) is 43.3 Å². The SMILES string of the molecule is CCN(CC)c1ccc(/C=N/NC(=S)Nc2cccc(C)c2)c(O)c1. The van der Waals surface area contributed by atoms with Gasteiger partial charge in [-0.3, -0.25) is 5.43 Å². The van der Waals surface area contributed by atoms with E-state index in [-0.39, 0.29) is 5.75 Å². The van der Waals surface area contributed by atoms with Crippen LogP contribution in [0.1, 0.15) is 25.0 Å². The van der Waals surface area contributed by atoms with Crippen molar-refractivity contribution in [3.63, 3.8) is 0 Å². The molecule has 2 aromatic carbocycles. The van der Waals surface area contributed by atoms with Crippen LogP contribution in [-0.2, 0) is 0 Å². The molecule has 0 heterocycles. The lowest BCUT2D eigenvalue weighted by atomic mass is 10.2. The highest BCUT2D eigenvalue weighted by atomic mass is 32.1. The van der Waals surface area contributed by atoms with Crippen molar-refractivity contribution in [2.75, 3.05) is 23.3 Å².